The number of aryl methyl sites for hydroxylation is 2. The zero-order chi connectivity index (χ0) is 13.0. The molecule has 0 aliphatic heterocycles. The molecule has 17 heavy (non-hydrogen) atoms. The number of amides is 1. The van der Waals surface area contributed by atoms with Crippen LogP contribution in [0.5, 0.6) is 0 Å². The number of hydrogen-bond donors (Lipinski definition) is 3. The number of carboxylic acid groups (broad SMARTS) is 1. The van der Waals surface area contributed by atoms with E-state index in [9.17, 15) is 9.59 Å². The van der Waals surface area contributed by atoms with Crippen molar-refractivity contribution in [1.29, 1.82) is 0 Å². The average molecular weight is 237 g/mol. The molecule has 1 atom stereocenters. The molecular formula is C12H15NO4. The molecule has 0 radical (unpaired) electrons. The lowest BCUT2D eigenvalue weighted by Gasteiger charge is -2.10. The summed E-state index contributed by atoms with van der Waals surface area (Å²) < 4.78 is 0. The first-order valence-electron chi connectivity index (χ1n) is 5.18. The molecule has 0 unspecified atom stereocenters. The Kier molecular flexibility index (Phi) is 4.23. The molecule has 1 rings (SSSR count). The third kappa shape index (κ3) is 3.57. The van der Waals surface area contributed by atoms with E-state index in [0.717, 1.165) is 11.1 Å². The van der Waals surface area contributed by atoms with E-state index in [1.165, 1.54) is 0 Å². The molecule has 1 amide bonds. The number of rotatable bonds is 4. The van der Waals surface area contributed by atoms with Gasteiger partial charge in [-0.1, -0.05) is 17.7 Å². The fourth-order valence-corrected chi connectivity index (χ4v) is 1.44. The van der Waals surface area contributed by atoms with Crippen LogP contribution in [0.2, 0.25) is 0 Å². The Bertz CT molecular complexity index is 442. The van der Waals surface area contributed by atoms with Crippen LogP contribution in [0.3, 0.4) is 0 Å². The van der Waals surface area contributed by atoms with Crippen molar-refractivity contribution in [2.24, 2.45) is 0 Å². The van der Waals surface area contributed by atoms with Gasteiger partial charge in [-0.25, -0.2) is 4.79 Å². The molecule has 0 spiro atoms. The number of carboxylic acids is 1. The van der Waals surface area contributed by atoms with Crippen molar-refractivity contribution in [2.75, 3.05) is 6.54 Å². The topological polar surface area (TPSA) is 86.6 Å². The molecule has 0 bridgehead atoms. The van der Waals surface area contributed by atoms with E-state index in [4.69, 9.17) is 10.2 Å². The predicted octanol–water partition coefficient (Wildman–Crippen LogP) is 0.479. The van der Waals surface area contributed by atoms with Gasteiger partial charge in [0.1, 0.15) is 0 Å². The second-order valence-electron chi connectivity index (χ2n) is 3.88. The number of hydrogen-bond acceptors (Lipinski definition) is 3. The molecule has 0 fully saturated rings. The van der Waals surface area contributed by atoms with E-state index in [1.807, 2.05) is 13.0 Å². The monoisotopic (exact) mass is 237 g/mol. The largest absolute Gasteiger partial charge is 0.479 e. The lowest BCUT2D eigenvalue weighted by molar-refractivity contribution is -0.146. The fourth-order valence-electron chi connectivity index (χ4n) is 1.44. The smallest absolute Gasteiger partial charge is 0.334 e. The molecule has 0 heterocycles. The Balaban J connectivity index is 2.67. The molecule has 3 N–H and O–H groups in total. The van der Waals surface area contributed by atoms with Gasteiger partial charge >= 0.3 is 5.97 Å². The molecule has 5 heteroatoms. The van der Waals surface area contributed by atoms with Crippen LogP contribution in [0, 0.1) is 13.8 Å². The van der Waals surface area contributed by atoms with E-state index < -0.39 is 12.1 Å². The van der Waals surface area contributed by atoms with Crippen LogP contribution in [0.25, 0.3) is 0 Å². The van der Waals surface area contributed by atoms with Crippen LogP contribution >= 0.6 is 0 Å². The van der Waals surface area contributed by atoms with Crippen LogP contribution in [0.4, 0.5) is 0 Å². The van der Waals surface area contributed by atoms with Crippen LogP contribution in [0.1, 0.15) is 21.5 Å². The van der Waals surface area contributed by atoms with Crippen LogP contribution < -0.4 is 5.32 Å². The quantitative estimate of drug-likeness (QED) is 0.710. The Morgan fingerprint density at radius 2 is 2.00 bits per heavy atom. The normalized spacial score (nSPS) is 11.9. The Morgan fingerprint density at radius 3 is 2.53 bits per heavy atom. The van der Waals surface area contributed by atoms with Crippen molar-refractivity contribution in [3.63, 3.8) is 0 Å². The average Bonchev–Trinajstić information content (AvgIpc) is 2.25. The molecule has 0 aromatic heterocycles. The number of aliphatic hydroxyl groups is 1. The van der Waals surface area contributed by atoms with Crippen molar-refractivity contribution in [2.45, 2.75) is 20.0 Å². The van der Waals surface area contributed by atoms with Gasteiger partial charge < -0.3 is 15.5 Å². The fraction of sp³-hybridized carbons (Fsp3) is 0.333. The lowest BCUT2D eigenvalue weighted by Crippen LogP contribution is -2.36. The Hall–Kier alpha value is -1.88. The van der Waals surface area contributed by atoms with Crippen molar-refractivity contribution in [3.05, 3.63) is 34.9 Å². The lowest BCUT2D eigenvalue weighted by atomic mass is 10.1. The van der Waals surface area contributed by atoms with Crippen molar-refractivity contribution in [1.82, 2.24) is 5.32 Å². The van der Waals surface area contributed by atoms with Crippen molar-refractivity contribution in [3.8, 4) is 0 Å². The summed E-state index contributed by atoms with van der Waals surface area (Å²) in [6.07, 6.45) is -1.58. The van der Waals surface area contributed by atoms with Crippen molar-refractivity contribution < 1.29 is 19.8 Å². The first-order valence-corrected chi connectivity index (χ1v) is 5.18. The second kappa shape index (κ2) is 5.45. The molecule has 0 aliphatic rings. The minimum Gasteiger partial charge on any atom is -0.479 e. The highest BCUT2D eigenvalue weighted by Crippen LogP contribution is 2.10. The molecule has 0 saturated carbocycles. The summed E-state index contributed by atoms with van der Waals surface area (Å²) >= 11 is 0. The number of benzene rings is 1. The zero-order valence-corrected chi connectivity index (χ0v) is 9.73. The van der Waals surface area contributed by atoms with Crippen LogP contribution in [-0.4, -0.2) is 34.7 Å². The highest BCUT2D eigenvalue weighted by molar-refractivity contribution is 5.95. The van der Waals surface area contributed by atoms with Gasteiger partial charge in [-0.2, -0.15) is 0 Å². The van der Waals surface area contributed by atoms with E-state index in [2.05, 4.69) is 5.32 Å². The first-order chi connectivity index (χ1) is 7.91. The van der Waals surface area contributed by atoms with Crippen molar-refractivity contribution >= 4 is 11.9 Å². The third-order valence-corrected chi connectivity index (χ3v) is 2.37. The highest BCUT2D eigenvalue weighted by atomic mass is 16.4. The minimum absolute atomic E-state index is 0.304. The third-order valence-electron chi connectivity index (χ3n) is 2.37. The standard InChI is InChI=1S/C12H15NO4/c1-7-3-4-9(8(2)5-7)11(15)13-6-10(14)12(16)17/h3-5,10,14H,6H2,1-2H3,(H,13,15)(H,16,17)/t10-/m0/s1. The Morgan fingerprint density at radius 1 is 1.35 bits per heavy atom. The minimum atomic E-state index is -1.58. The SMILES string of the molecule is Cc1ccc(C(=O)NC[C@H](O)C(=O)O)c(C)c1. The van der Waals surface area contributed by atoms with E-state index in [-0.39, 0.29) is 12.5 Å². The maximum Gasteiger partial charge on any atom is 0.334 e. The number of carbonyl (C=O) groups excluding carboxylic acids is 1. The maximum absolute atomic E-state index is 11.7. The predicted molar refractivity (Wildman–Crippen MR) is 61.9 cm³/mol. The van der Waals surface area contributed by atoms with Gasteiger partial charge in [0.05, 0.1) is 6.54 Å². The van der Waals surface area contributed by atoms with Crippen LogP contribution in [0.15, 0.2) is 18.2 Å². The number of aliphatic hydroxyl groups excluding tert-OH is 1. The van der Waals surface area contributed by atoms with Gasteiger partial charge in [0.2, 0.25) is 0 Å². The molecule has 92 valence electrons. The van der Waals surface area contributed by atoms with Gasteiger partial charge in [-0.05, 0) is 25.5 Å². The van der Waals surface area contributed by atoms with Crippen LogP contribution in [-0.2, 0) is 4.79 Å². The van der Waals surface area contributed by atoms with E-state index >= 15 is 0 Å². The summed E-state index contributed by atoms with van der Waals surface area (Å²) in [5.74, 6) is -1.74. The van der Waals surface area contributed by atoms with Gasteiger partial charge in [0.25, 0.3) is 5.91 Å². The second-order valence-corrected chi connectivity index (χ2v) is 3.88. The highest BCUT2D eigenvalue weighted by Gasteiger charge is 2.15. The van der Waals surface area contributed by atoms with Gasteiger partial charge in [-0.3, -0.25) is 4.79 Å². The summed E-state index contributed by atoms with van der Waals surface area (Å²) in [6, 6.07) is 5.34. The molecule has 0 saturated heterocycles. The number of aliphatic carboxylic acids is 1. The number of carbonyl (C=O) groups is 2. The molecule has 5 nitrogen and oxygen atoms in total. The van der Waals surface area contributed by atoms with E-state index in [1.54, 1.807) is 19.1 Å². The first kappa shape index (κ1) is 13.2. The molecular weight excluding hydrogens is 222 g/mol. The summed E-state index contributed by atoms with van der Waals surface area (Å²) in [7, 11) is 0. The molecule has 1 aromatic rings. The molecule has 1 aromatic carbocycles. The molecule has 0 aliphatic carbocycles. The van der Waals surface area contributed by atoms with Gasteiger partial charge in [-0.15, -0.1) is 0 Å². The van der Waals surface area contributed by atoms with Gasteiger partial charge in [0.15, 0.2) is 6.10 Å². The number of nitrogens with one attached hydrogen (secondary N) is 1. The summed E-state index contributed by atoms with van der Waals surface area (Å²) in [4.78, 5) is 22.0. The van der Waals surface area contributed by atoms with Gasteiger partial charge in [0, 0.05) is 5.56 Å². The zero-order valence-electron chi connectivity index (χ0n) is 9.73. The summed E-state index contributed by atoms with van der Waals surface area (Å²) in [5.41, 5.74) is 2.34. The Labute approximate surface area is 99.1 Å². The summed E-state index contributed by atoms with van der Waals surface area (Å²) in [5, 5.41) is 19.8. The van der Waals surface area contributed by atoms with E-state index in [0.29, 0.717) is 5.56 Å². The summed E-state index contributed by atoms with van der Waals surface area (Å²) in [6.45, 7) is 3.42. The maximum atomic E-state index is 11.7.